The highest BCUT2D eigenvalue weighted by atomic mass is 16.5. The fraction of sp³-hybridized carbons (Fsp3) is 0.294. The number of nitrogen functional groups attached to an aromatic ring is 1. The molecule has 2 aromatic carbocycles. The molecule has 0 saturated heterocycles. The molecule has 0 spiro atoms. The van der Waals surface area contributed by atoms with Crippen molar-refractivity contribution in [3.8, 4) is 5.75 Å². The van der Waals surface area contributed by atoms with Crippen LogP contribution >= 0.6 is 0 Å². The van der Waals surface area contributed by atoms with Crippen LogP contribution in [0.1, 0.15) is 12.5 Å². The largest absolute Gasteiger partial charge is 0.491 e. The van der Waals surface area contributed by atoms with Crippen molar-refractivity contribution >= 4 is 11.4 Å². The molecular weight excluding hydrogens is 248 g/mol. The Morgan fingerprint density at radius 2 is 1.75 bits per heavy atom. The average molecular weight is 270 g/mol. The molecule has 106 valence electrons. The van der Waals surface area contributed by atoms with Gasteiger partial charge in [-0.2, -0.15) is 0 Å². The number of benzene rings is 2. The van der Waals surface area contributed by atoms with Crippen LogP contribution in [0.3, 0.4) is 0 Å². The van der Waals surface area contributed by atoms with Crippen molar-refractivity contribution in [1.29, 1.82) is 0 Å². The van der Waals surface area contributed by atoms with Gasteiger partial charge < -0.3 is 15.4 Å². The molecule has 3 heteroatoms. The van der Waals surface area contributed by atoms with E-state index in [0.29, 0.717) is 6.61 Å². The van der Waals surface area contributed by atoms with Gasteiger partial charge in [-0.1, -0.05) is 37.3 Å². The lowest BCUT2D eigenvalue weighted by molar-refractivity contribution is 0.323. The summed E-state index contributed by atoms with van der Waals surface area (Å²) in [6.07, 6.45) is 0.984. The number of anilines is 2. The summed E-state index contributed by atoms with van der Waals surface area (Å²) in [5, 5.41) is 0. The Morgan fingerprint density at radius 3 is 2.50 bits per heavy atom. The molecule has 3 nitrogen and oxygen atoms in total. The van der Waals surface area contributed by atoms with Gasteiger partial charge in [-0.3, -0.25) is 0 Å². The predicted octanol–water partition coefficient (Wildman–Crippen LogP) is 3.35. The number of ether oxygens (including phenoxy) is 1. The highest BCUT2D eigenvalue weighted by Crippen LogP contribution is 2.21. The van der Waals surface area contributed by atoms with Crippen molar-refractivity contribution in [2.75, 3.05) is 30.8 Å². The van der Waals surface area contributed by atoms with Crippen molar-refractivity contribution in [3.05, 3.63) is 54.1 Å². The number of hydrogen-bond acceptors (Lipinski definition) is 3. The van der Waals surface area contributed by atoms with Gasteiger partial charge in [0.2, 0.25) is 0 Å². The number of rotatable bonds is 6. The van der Waals surface area contributed by atoms with Gasteiger partial charge in [-0.15, -0.1) is 0 Å². The van der Waals surface area contributed by atoms with E-state index < -0.39 is 0 Å². The fourth-order valence-electron chi connectivity index (χ4n) is 2.18. The van der Waals surface area contributed by atoms with Crippen LogP contribution in [0.25, 0.3) is 0 Å². The molecule has 0 atom stereocenters. The number of nitrogens with two attached hydrogens (primary N) is 1. The van der Waals surface area contributed by atoms with E-state index in [9.17, 15) is 0 Å². The van der Waals surface area contributed by atoms with Crippen LogP contribution in [-0.2, 0) is 6.42 Å². The van der Waals surface area contributed by atoms with Crippen LogP contribution < -0.4 is 15.4 Å². The first-order valence-electron chi connectivity index (χ1n) is 6.98. The first-order chi connectivity index (χ1) is 9.72. The quantitative estimate of drug-likeness (QED) is 0.818. The lowest BCUT2D eigenvalue weighted by atomic mass is 10.1. The van der Waals surface area contributed by atoms with Gasteiger partial charge in [-0.05, 0) is 30.2 Å². The number of nitrogens with zero attached hydrogens (tertiary/aromatic N) is 1. The summed E-state index contributed by atoms with van der Waals surface area (Å²) in [5.74, 6) is 0.976. The van der Waals surface area contributed by atoms with Gasteiger partial charge in [0.1, 0.15) is 12.4 Å². The molecule has 0 aliphatic carbocycles. The third-order valence-electron chi connectivity index (χ3n) is 3.39. The monoisotopic (exact) mass is 270 g/mol. The Hall–Kier alpha value is -2.16. The minimum Gasteiger partial charge on any atom is -0.491 e. The van der Waals surface area contributed by atoms with E-state index in [1.807, 2.05) is 49.5 Å². The molecule has 2 aromatic rings. The van der Waals surface area contributed by atoms with Gasteiger partial charge in [0.15, 0.2) is 0 Å². The Labute approximate surface area is 121 Å². The zero-order valence-electron chi connectivity index (χ0n) is 12.2. The highest BCUT2D eigenvalue weighted by molar-refractivity contribution is 5.66. The summed E-state index contributed by atoms with van der Waals surface area (Å²) in [5.41, 5.74) is 9.05. The molecular formula is C17H22N2O. The summed E-state index contributed by atoms with van der Waals surface area (Å²) >= 11 is 0. The fourth-order valence-corrected chi connectivity index (χ4v) is 2.18. The van der Waals surface area contributed by atoms with Gasteiger partial charge in [-0.25, -0.2) is 0 Å². The molecule has 0 unspecified atom stereocenters. The SMILES string of the molecule is CCc1ccccc1OCCN(C)c1ccccc1N. The number of likely N-dealkylation sites (N-methyl/N-ethyl adjacent to an activating group) is 1. The standard InChI is InChI=1S/C17H22N2O/c1-3-14-8-4-7-11-17(14)20-13-12-19(2)16-10-6-5-9-15(16)18/h4-11H,3,12-13,18H2,1-2H3. The van der Waals surface area contributed by atoms with Crippen molar-refractivity contribution in [3.63, 3.8) is 0 Å². The maximum atomic E-state index is 5.97. The van der Waals surface area contributed by atoms with E-state index in [4.69, 9.17) is 10.5 Å². The summed E-state index contributed by atoms with van der Waals surface area (Å²) in [4.78, 5) is 2.11. The maximum Gasteiger partial charge on any atom is 0.122 e. The van der Waals surface area contributed by atoms with Gasteiger partial charge in [0, 0.05) is 7.05 Å². The van der Waals surface area contributed by atoms with Crippen LogP contribution in [0.5, 0.6) is 5.75 Å². The second-order valence-electron chi connectivity index (χ2n) is 4.79. The van der Waals surface area contributed by atoms with Gasteiger partial charge in [0.05, 0.1) is 17.9 Å². The van der Waals surface area contributed by atoms with Crippen molar-refractivity contribution in [2.45, 2.75) is 13.3 Å². The molecule has 0 radical (unpaired) electrons. The molecule has 2 rings (SSSR count). The Kier molecular flexibility index (Phi) is 4.88. The van der Waals surface area contributed by atoms with E-state index in [0.717, 1.165) is 30.1 Å². The Morgan fingerprint density at radius 1 is 1.05 bits per heavy atom. The predicted molar refractivity (Wildman–Crippen MR) is 85.4 cm³/mol. The zero-order valence-corrected chi connectivity index (χ0v) is 12.2. The average Bonchev–Trinajstić information content (AvgIpc) is 2.48. The number of aryl methyl sites for hydroxylation is 1. The zero-order chi connectivity index (χ0) is 14.4. The first-order valence-corrected chi connectivity index (χ1v) is 6.98. The van der Waals surface area contributed by atoms with Gasteiger partial charge in [0.25, 0.3) is 0 Å². The van der Waals surface area contributed by atoms with Gasteiger partial charge >= 0.3 is 0 Å². The van der Waals surface area contributed by atoms with Crippen LogP contribution in [-0.4, -0.2) is 20.2 Å². The summed E-state index contributed by atoms with van der Waals surface area (Å²) in [6, 6.07) is 16.1. The summed E-state index contributed by atoms with van der Waals surface area (Å²) in [6.45, 7) is 3.58. The third kappa shape index (κ3) is 3.44. The minimum atomic E-state index is 0.641. The third-order valence-corrected chi connectivity index (χ3v) is 3.39. The molecule has 0 amide bonds. The lowest BCUT2D eigenvalue weighted by Crippen LogP contribution is -2.24. The normalized spacial score (nSPS) is 10.3. The van der Waals surface area contributed by atoms with Crippen molar-refractivity contribution < 1.29 is 4.74 Å². The smallest absolute Gasteiger partial charge is 0.122 e. The second kappa shape index (κ2) is 6.85. The molecule has 0 bridgehead atoms. The molecule has 0 aliphatic rings. The first kappa shape index (κ1) is 14.3. The van der Waals surface area contributed by atoms with E-state index >= 15 is 0 Å². The number of para-hydroxylation sites is 3. The Bertz CT molecular complexity index is 554. The minimum absolute atomic E-state index is 0.641. The molecule has 2 N–H and O–H groups in total. The van der Waals surface area contributed by atoms with Crippen LogP contribution in [0.2, 0.25) is 0 Å². The van der Waals surface area contributed by atoms with E-state index in [1.165, 1.54) is 5.56 Å². The summed E-state index contributed by atoms with van der Waals surface area (Å²) < 4.78 is 5.88. The molecule has 0 saturated carbocycles. The molecule has 0 aliphatic heterocycles. The molecule has 0 fully saturated rings. The Balaban J connectivity index is 1.91. The second-order valence-corrected chi connectivity index (χ2v) is 4.79. The molecule has 0 heterocycles. The maximum absolute atomic E-state index is 5.97. The molecule has 20 heavy (non-hydrogen) atoms. The summed E-state index contributed by atoms with van der Waals surface area (Å²) in [7, 11) is 2.03. The van der Waals surface area contributed by atoms with Crippen LogP contribution in [0.4, 0.5) is 11.4 Å². The number of hydrogen-bond donors (Lipinski definition) is 1. The van der Waals surface area contributed by atoms with Crippen molar-refractivity contribution in [2.24, 2.45) is 0 Å². The topological polar surface area (TPSA) is 38.5 Å². The highest BCUT2D eigenvalue weighted by Gasteiger charge is 2.05. The lowest BCUT2D eigenvalue weighted by Gasteiger charge is -2.21. The van der Waals surface area contributed by atoms with E-state index in [-0.39, 0.29) is 0 Å². The van der Waals surface area contributed by atoms with E-state index in [2.05, 4.69) is 17.9 Å². The molecule has 0 aromatic heterocycles. The van der Waals surface area contributed by atoms with Crippen LogP contribution in [0.15, 0.2) is 48.5 Å². The van der Waals surface area contributed by atoms with Crippen molar-refractivity contribution in [1.82, 2.24) is 0 Å². The van der Waals surface area contributed by atoms with E-state index in [1.54, 1.807) is 0 Å². The van der Waals surface area contributed by atoms with Crippen LogP contribution in [0, 0.1) is 0 Å².